The third-order valence-corrected chi connectivity index (χ3v) is 2.60. The molecule has 0 aromatic heterocycles. The molecule has 0 amide bonds. The Kier molecular flexibility index (Phi) is 4.42. The molecule has 1 rings (SSSR count). The molecule has 0 heterocycles. The van der Waals surface area contributed by atoms with Crippen molar-refractivity contribution in [2.45, 2.75) is 31.7 Å². The second-order valence-corrected chi connectivity index (χ2v) is 6.29. The van der Waals surface area contributed by atoms with Crippen LogP contribution < -0.4 is 0 Å². The maximum Gasteiger partial charge on any atom is 0.417 e. The molecule has 0 unspecified atom stereocenters. The molecule has 6 heteroatoms. The van der Waals surface area contributed by atoms with Gasteiger partial charge in [0, 0.05) is 16.5 Å². The van der Waals surface area contributed by atoms with Crippen LogP contribution in [0.15, 0.2) is 22.6 Å². The minimum atomic E-state index is -4.51. The number of halogens is 4. The molecule has 0 bridgehead atoms. The molecule has 0 aliphatic heterocycles. The van der Waals surface area contributed by atoms with Gasteiger partial charge in [0.1, 0.15) is 5.82 Å². The Balaban J connectivity index is 3.04. The summed E-state index contributed by atoms with van der Waals surface area (Å²) in [5.41, 5.74) is -1.15. The summed E-state index contributed by atoms with van der Waals surface area (Å²) in [6.45, 7) is 5.64. The van der Waals surface area contributed by atoms with Crippen LogP contribution in [0.5, 0.6) is 0 Å². The van der Waals surface area contributed by atoms with Crippen molar-refractivity contribution in [2.24, 2.45) is 4.40 Å². The summed E-state index contributed by atoms with van der Waals surface area (Å²) in [4.78, 5) is 0. The Labute approximate surface area is 107 Å². The summed E-state index contributed by atoms with van der Waals surface area (Å²) >= 11 is 1.13. The Morgan fingerprint density at radius 2 is 1.78 bits per heavy atom. The number of hydrogen-bond donors (Lipinski definition) is 0. The van der Waals surface area contributed by atoms with E-state index in [9.17, 15) is 17.6 Å². The molecular formula is C12H13F4NS. The van der Waals surface area contributed by atoms with Crippen molar-refractivity contribution in [3.8, 4) is 0 Å². The lowest BCUT2D eigenvalue weighted by atomic mass is 10.1. The number of hydrogen-bond acceptors (Lipinski definition) is 2. The molecule has 100 valence electrons. The largest absolute Gasteiger partial charge is 0.417 e. The molecule has 0 N–H and O–H groups in total. The van der Waals surface area contributed by atoms with Gasteiger partial charge in [0.25, 0.3) is 0 Å². The van der Waals surface area contributed by atoms with E-state index in [2.05, 4.69) is 4.40 Å². The lowest BCUT2D eigenvalue weighted by Crippen LogP contribution is -2.09. The van der Waals surface area contributed by atoms with Gasteiger partial charge in [-0.05, 0) is 50.9 Å². The summed E-state index contributed by atoms with van der Waals surface area (Å²) in [6, 6.07) is 2.34. The van der Waals surface area contributed by atoms with Crippen LogP contribution in [0.3, 0.4) is 0 Å². The van der Waals surface area contributed by atoms with Gasteiger partial charge in [-0.25, -0.2) is 8.79 Å². The maximum atomic E-state index is 13.0. The molecule has 0 aliphatic carbocycles. The van der Waals surface area contributed by atoms with Crippen molar-refractivity contribution in [1.29, 1.82) is 0 Å². The molecule has 1 aromatic rings. The van der Waals surface area contributed by atoms with E-state index in [0.717, 1.165) is 36.4 Å². The van der Waals surface area contributed by atoms with E-state index in [1.54, 1.807) is 0 Å². The van der Waals surface area contributed by atoms with E-state index in [-0.39, 0.29) is 10.3 Å². The molecule has 0 fully saturated rings. The molecule has 0 radical (unpaired) electrons. The first-order valence-electron chi connectivity index (χ1n) is 5.18. The minimum Gasteiger partial charge on any atom is -0.223 e. The monoisotopic (exact) mass is 279 g/mol. The quantitative estimate of drug-likeness (QED) is 0.434. The summed E-state index contributed by atoms with van der Waals surface area (Å²) in [5, 5.41) is 0. The fourth-order valence-electron chi connectivity index (χ4n) is 1.14. The molecule has 0 atom stereocenters. The van der Waals surface area contributed by atoms with Crippen molar-refractivity contribution in [3.05, 3.63) is 35.1 Å². The average Bonchev–Trinajstić information content (AvgIpc) is 2.13. The first-order chi connectivity index (χ1) is 8.09. The predicted octanol–water partition coefficient (Wildman–Crippen LogP) is 4.71. The number of benzene rings is 1. The van der Waals surface area contributed by atoms with Crippen LogP contribution in [0, 0.1) is 5.82 Å². The second-order valence-electron chi connectivity index (χ2n) is 4.67. The maximum absolute atomic E-state index is 13.0. The zero-order valence-corrected chi connectivity index (χ0v) is 11.0. The molecular weight excluding hydrogens is 266 g/mol. The van der Waals surface area contributed by atoms with E-state index in [0.29, 0.717) is 0 Å². The first-order valence-corrected chi connectivity index (χ1v) is 5.95. The minimum absolute atomic E-state index is 0.206. The Hall–Kier alpha value is -1.04. The zero-order valence-electron chi connectivity index (χ0n) is 10.2. The predicted molar refractivity (Wildman–Crippen MR) is 66.3 cm³/mol. The van der Waals surface area contributed by atoms with Gasteiger partial charge in [-0.15, -0.1) is 0 Å². The van der Waals surface area contributed by atoms with Crippen LogP contribution in [0.1, 0.15) is 31.9 Å². The van der Waals surface area contributed by atoms with Crippen LogP contribution >= 0.6 is 11.9 Å². The zero-order chi connectivity index (χ0) is 14.0. The normalized spacial score (nSPS) is 13.3. The highest BCUT2D eigenvalue weighted by atomic mass is 32.2. The van der Waals surface area contributed by atoms with Crippen molar-refractivity contribution in [3.63, 3.8) is 0 Å². The molecule has 0 spiro atoms. The summed E-state index contributed by atoms with van der Waals surface area (Å²) in [5.74, 6) is -0.717. The van der Waals surface area contributed by atoms with Crippen molar-refractivity contribution < 1.29 is 17.6 Å². The molecule has 0 saturated heterocycles. The molecule has 1 nitrogen and oxygen atoms in total. The van der Waals surface area contributed by atoms with Gasteiger partial charge >= 0.3 is 6.18 Å². The van der Waals surface area contributed by atoms with Gasteiger partial charge in [0.15, 0.2) is 0 Å². The van der Waals surface area contributed by atoms with Crippen molar-refractivity contribution in [2.75, 3.05) is 0 Å². The number of nitrogens with zero attached hydrogens (tertiary/aromatic N) is 1. The first kappa shape index (κ1) is 15.0. The smallest absolute Gasteiger partial charge is 0.223 e. The van der Waals surface area contributed by atoms with E-state index >= 15 is 0 Å². The Morgan fingerprint density at radius 1 is 1.17 bits per heavy atom. The van der Waals surface area contributed by atoms with Crippen LogP contribution in [0.25, 0.3) is 0 Å². The van der Waals surface area contributed by atoms with Crippen LogP contribution in [-0.2, 0) is 6.18 Å². The van der Waals surface area contributed by atoms with Gasteiger partial charge in [0.05, 0.1) is 5.56 Å². The van der Waals surface area contributed by atoms with E-state index in [1.165, 1.54) is 0 Å². The van der Waals surface area contributed by atoms with E-state index in [4.69, 9.17) is 0 Å². The molecule has 1 aromatic carbocycles. The lowest BCUT2D eigenvalue weighted by Gasteiger charge is -2.13. The highest BCUT2D eigenvalue weighted by Gasteiger charge is 2.33. The molecule has 0 saturated carbocycles. The standard InChI is InChI=1S/C12H13F4NS/c1-11(2,3)18-17-7-8-6-9(13)4-5-10(8)12(14,15)16/h4-7H,1-3H3/b17-7+. The van der Waals surface area contributed by atoms with E-state index < -0.39 is 17.6 Å². The lowest BCUT2D eigenvalue weighted by molar-refractivity contribution is -0.137. The van der Waals surface area contributed by atoms with Gasteiger partial charge in [-0.3, -0.25) is 0 Å². The summed E-state index contributed by atoms with van der Waals surface area (Å²) < 4.78 is 54.6. The summed E-state index contributed by atoms with van der Waals surface area (Å²) in [7, 11) is 0. The number of rotatable bonds is 2. The van der Waals surface area contributed by atoms with E-state index in [1.807, 2.05) is 20.8 Å². The summed E-state index contributed by atoms with van der Waals surface area (Å²) in [6.07, 6.45) is -3.47. The van der Waals surface area contributed by atoms with Crippen LogP contribution in [0.4, 0.5) is 17.6 Å². The second kappa shape index (κ2) is 5.30. The van der Waals surface area contributed by atoms with Gasteiger partial charge in [-0.2, -0.15) is 13.2 Å². The number of alkyl halides is 3. The highest BCUT2D eigenvalue weighted by Crippen LogP contribution is 2.32. The Morgan fingerprint density at radius 3 is 2.28 bits per heavy atom. The third-order valence-electron chi connectivity index (χ3n) is 1.84. The fourth-order valence-corrected chi connectivity index (χ4v) is 1.62. The molecule has 0 aliphatic rings. The van der Waals surface area contributed by atoms with Crippen molar-refractivity contribution in [1.82, 2.24) is 0 Å². The SMILES string of the molecule is CC(C)(C)S/N=C/c1cc(F)ccc1C(F)(F)F. The third kappa shape index (κ3) is 4.68. The van der Waals surface area contributed by atoms with Gasteiger partial charge in [-0.1, -0.05) is 0 Å². The Bertz CT molecular complexity index is 446. The van der Waals surface area contributed by atoms with Crippen molar-refractivity contribution >= 4 is 18.2 Å². The van der Waals surface area contributed by atoms with Gasteiger partial charge in [0.2, 0.25) is 0 Å². The highest BCUT2D eigenvalue weighted by molar-refractivity contribution is 7.99. The fraction of sp³-hybridized carbons (Fsp3) is 0.417. The van der Waals surface area contributed by atoms with Gasteiger partial charge < -0.3 is 0 Å². The average molecular weight is 279 g/mol. The molecule has 18 heavy (non-hydrogen) atoms. The van der Waals surface area contributed by atoms with Crippen LogP contribution in [0.2, 0.25) is 0 Å². The van der Waals surface area contributed by atoms with Crippen LogP contribution in [-0.4, -0.2) is 11.0 Å². The topological polar surface area (TPSA) is 12.4 Å².